The van der Waals surface area contributed by atoms with Crippen LogP contribution < -0.4 is 4.74 Å². The molecule has 0 atom stereocenters. The highest BCUT2D eigenvalue weighted by Crippen LogP contribution is 2.33. The van der Waals surface area contributed by atoms with Crippen LogP contribution in [0.2, 0.25) is 5.02 Å². The number of hydrogen-bond acceptors (Lipinski definition) is 2. The Morgan fingerprint density at radius 2 is 2.00 bits per heavy atom. The van der Waals surface area contributed by atoms with Crippen LogP contribution in [0.1, 0.15) is 25.5 Å². The number of rotatable bonds is 3. The van der Waals surface area contributed by atoms with E-state index in [0.717, 1.165) is 16.6 Å². The Kier molecular flexibility index (Phi) is 3.79. The van der Waals surface area contributed by atoms with Crippen LogP contribution in [0, 0.1) is 5.95 Å². The predicted octanol–water partition coefficient (Wildman–Crippen LogP) is 5.15. The number of halogens is 2. The van der Waals surface area contributed by atoms with Gasteiger partial charge in [0, 0.05) is 22.2 Å². The molecule has 0 saturated heterocycles. The number of benzene rings is 1. The second-order valence-corrected chi connectivity index (χ2v) is 5.90. The van der Waals surface area contributed by atoms with Gasteiger partial charge in [-0.2, -0.15) is 4.39 Å². The predicted molar refractivity (Wildman–Crippen MR) is 87.1 cm³/mol. The van der Waals surface area contributed by atoms with Crippen molar-refractivity contribution in [2.24, 2.45) is 0 Å². The molecule has 0 aliphatic carbocycles. The van der Waals surface area contributed by atoms with Crippen molar-refractivity contribution in [3.05, 3.63) is 47.0 Å². The molecule has 0 aliphatic heterocycles. The van der Waals surface area contributed by atoms with Gasteiger partial charge in [-0.05, 0) is 36.2 Å². The molecule has 5 heteroatoms. The lowest BCUT2D eigenvalue weighted by atomic mass is 10.1. The van der Waals surface area contributed by atoms with Gasteiger partial charge in [0.25, 0.3) is 5.95 Å². The normalized spacial score (nSPS) is 11.4. The lowest BCUT2D eigenvalue weighted by Gasteiger charge is -2.06. The van der Waals surface area contributed by atoms with Crippen LogP contribution in [-0.2, 0) is 0 Å². The van der Waals surface area contributed by atoms with Crippen LogP contribution in [0.25, 0.3) is 22.2 Å². The van der Waals surface area contributed by atoms with Gasteiger partial charge in [-0.25, -0.2) is 4.98 Å². The molecule has 0 aliphatic rings. The van der Waals surface area contributed by atoms with Crippen molar-refractivity contribution < 1.29 is 9.13 Å². The molecule has 2 heterocycles. The van der Waals surface area contributed by atoms with Gasteiger partial charge in [0.15, 0.2) is 5.75 Å². The standard InChI is InChI=1S/C17H16ClFN2O/c1-9(2)14-7-10-6-12(18)11(8-15(10)20-14)13-4-5-16(22-3)17(19)21-13/h4-9,20H,1-3H3. The summed E-state index contributed by atoms with van der Waals surface area (Å²) in [6, 6.07) is 9.10. The van der Waals surface area contributed by atoms with E-state index in [-0.39, 0.29) is 5.75 Å². The van der Waals surface area contributed by atoms with E-state index in [1.807, 2.05) is 12.1 Å². The van der Waals surface area contributed by atoms with Crippen LogP contribution in [-0.4, -0.2) is 17.1 Å². The highest BCUT2D eigenvalue weighted by atomic mass is 35.5. The van der Waals surface area contributed by atoms with Crippen molar-refractivity contribution in [1.29, 1.82) is 0 Å². The summed E-state index contributed by atoms with van der Waals surface area (Å²) in [5.41, 5.74) is 3.26. The molecule has 1 N–H and O–H groups in total. The van der Waals surface area contributed by atoms with Crippen molar-refractivity contribution in [3.8, 4) is 17.0 Å². The number of pyridine rings is 1. The average molecular weight is 319 g/mol. The number of aromatic nitrogens is 2. The van der Waals surface area contributed by atoms with Gasteiger partial charge in [-0.3, -0.25) is 0 Å². The molecule has 0 radical (unpaired) electrons. The van der Waals surface area contributed by atoms with E-state index in [1.165, 1.54) is 7.11 Å². The van der Waals surface area contributed by atoms with E-state index in [0.29, 0.717) is 22.2 Å². The Hall–Kier alpha value is -2.07. The fourth-order valence-corrected chi connectivity index (χ4v) is 2.68. The van der Waals surface area contributed by atoms with Crippen LogP contribution in [0.4, 0.5) is 4.39 Å². The number of ether oxygens (including phenoxy) is 1. The Balaban J connectivity index is 2.14. The zero-order valence-electron chi connectivity index (χ0n) is 12.6. The summed E-state index contributed by atoms with van der Waals surface area (Å²) >= 11 is 6.34. The lowest BCUT2D eigenvalue weighted by Crippen LogP contribution is -1.94. The maximum absolute atomic E-state index is 13.8. The topological polar surface area (TPSA) is 37.9 Å². The third kappa shape index (κ3) is 2.55. The molecule has 0 unspecified atom stereocenters. The van der Waals surface area contributed by atoms with Gasteiger partial charge < -0.3 is 9.72 Å². The lowest BCUT2D eigenvalue weighted by molar-refractivity contribution is 0.378. The first-order valence-corrected chi connectivity index (χ1v) is 7.40. The summed E-state index contributed by atoms with van der Waals surface area (Å²) in [4.78, 5) is 7.30. The largest absolute Gasteiger partial charge is 0.492 e. The first-order valence-electron chi connectivity index (χ1n) is 7.02. The van der Waals surface area contributed by atoms with Crippen molar-refractivity contribution in [2.75, 3.05) is 7.11 Å². The number of methoxy groups -OCH3 is 1. The summed E-state index contributed by atoms with van der Waals surface area (Å²) in [6.45, 7) is 4.24. The van der Waals surface area contributed by atoms with Crippen LogP contribution in [0.15, 0.2) is 30.3 Å². The molecular weight excluding hydrogens is 303 g/mol. The van der Waals surface area contributed by atoms with Crippen molar-refractivity contribution in [3.63, 3.8) is 0 Å². The summed E-state index contributed by atoms with van der Waals surface area (Å²) in [5, 5.41) is 1.57. The van der Waals surface area contributed by atoms with E-state index >= 15 is 0 Å². The van der Waals surface area contributed by atoms with E-state index < -0.39 is 5.95 Å². The number of nitrogens with one attached hydrogen (secondary N) is 1. The maximum Gasteiger partial charge on any atom is 0.255 e. The summed E-state index contributed by atoms with van der Waals surface area (Å²) in [5.74, 6) is -0.139. The summed E-state index contributed by atoms with van der Waals surface area (Å²) in [7, 11) is 1.41. The Morgan fingerprint density at radius 3 is 2.64 bits per heavy atom. The Labute approximate surface area is 133 Å². The molecule has 0 amide bonds. The molecule has 0 bridgehead atoms. The number of H-pyrrole nitrogens is 1. The highest BCUT2D eigenvalue weighted by molar-refractivity contribution is 6.34. The molecule has 22 heavy (non-hydrogen) atoms. The third-order valence-corrected chi connectivity index (χ3v) is 3.97. The second kappa shape index (κ2) is 5.61. The summed E-state index contributed by atoms with van der Waals surface area (Å²) < 4.78 is 18.7. The Morgan fingerprint density at radius 1 is 1.23 bits per heavy atom. The first-order chi connectivity index (χ1) is 10.5. The van der Waals surface area contributed by atoms with Gasteiger partial charge in [0.05, 0.1) is 17.8 Å². The minimum absolute atomic E-state index is 0.114. The van der Waals surface area contributed by atoms with E-state index in [1.54, 1.807) is 12.1 Å². The van der Waals surface area contributed by atoms with Crippen LogP contribution in [0.3, 0.4) is 0 Å². The third-order valence-electron chi connectivity index (χ3n) is 3.66. The van der Waals surface area contributed by atoms with Crippen LogP contribution >= 0.6 is 11.6 Å². The molecule has 2 aromatic heterocycles. The molecule has 3 nitrogen and oxygen atoms in total. The molecule has 0 spiro atoms. The number of aromatic amines is 1. The van der Waals surface area contributed by atoms with Gasteiger partial charge in [-0.1, -0.05) is 25.4 Å². The monoisotopic (exact) mass is 318 g/mol. The summed E-state index contributed by atoms with van der Waals surface area (Å²) in [6.07, 6.45) is 0. The van der Waals surface area contributed by atoms with E-state index in [4.69, 9.17) is 16.3 Å². The minimum atomic E-state index is -0.648. The van der Waals surface area contributed by atoms with Crippen molar-refractivity contribution in [1.82, 2.24) is 9.97 Å². The van der Waals surface area contributed by atoms with Crippen molar-refractivity contribution in [2.45, 2.75) is 19.8 Å². The molecule has 0 saturated carbocycles. The Bertz CT molecular complexity index is 842. The molecule has 0 fully saturated rings. The molecule has 3 rings (SSSR count). The fourth-order valence-electron chi connectivity index (χ4n) is 2.41. The fraction of sp³-hybridized carbons (Fsp3) is 0.235. The number of hydrogen-bond donors (Lipinski definition) is 1. The van der Waals surface area contributed by atoms with E-state index in [9.17, 15) is 4.39 Å². The van der Waals surface area contributed by atoms with Gasteiger partial charge in [-0.15, -0.1) is 0 Å². The maximum atomic E-state index is 13.8. The van der Waals surface area contributed by atoms with Gasteiger partial charge in [0.2, 0.25) is 0 Å². The van der Waals surface area contributed by atoms with E-state index in [2.05, 4.69) is 29.9 Å². The quantitative estimate of drug-likeness (QED) is 0.678. The number of nitrogens with zero attached hydrogens (tertiary/aromatic N) is 1. The first kappa shape index (κ1) is 14.9. The highest BCUT2D eigenvalue weighted by Gasteiger charge is 2.13. The zero-order chi connectivity index (χ0) is 15.9. The van der Waals surface area contributed by atoms with Crippen molar-refractivity contribution >= 4 is 22.5 Å². The minimum Gasteiger partial charge on any atom is -0.492 e. The molecular formula is C17H16ClFN2O. The molecule has 1 aromatic carbocycles. The smallest absolute Gasteiger partial charge is 0.255 e. The second-order valence-electron chi connectivity index (χ2n) is 5.49. The van der Waals surface area contributed by atoms with Gasteiger partial charge in [0.1, 0.15) is 0 Å². The average Bonchev–Trinajstić information content (AvgIpc) is 2.89. The SMILES string of the molecule is COc1ccc(-c2cc3[nH]c(C(C)C)cc3cc2Cl)nc1F. The molecule has 114 valence electrons. The molecule has 3 aromatic rings. The zero-order valence-corrected chi connectivity index (χ0v) is 13.3. The number of fused-ring (bicyclic) bond motifs is 1. The van der Waals surface area contributed by atoms with Gasteiger partial charge >= 0.3 is 0 Å². The van der Waals surface area contributed by atoms with Crippen LogP contribution in [0.5, 0.6) is 5.75 Å².